The van der Waals surface area contributed by atoms with Gasteiger partial charge in [-0.15, -0.1) is 0 Å². The number of hydrogen-bond acceptors (Lipinski definition) is 3. The molecule has 0 spiro atoms. The lowest BCUT2D eigenvalue weighted by molar-refractivity contribution is -0.135. The van der Waals surface area contributed by atoms with Gasteiger partial charge in [0.15, 0.2) is 5.96 Å². The average Bonchev–Trinajstić information content (AvgIpc) is 3.01. The van der Waals surface area contributed by atoms with E-state index in [0.29, 0.717) is 23.9 Å². The van der Waals surface area contributed by atoms with Crippen LogP contribution in [0.3, 0.4) is 0 Å². The quantitative estimate of drug-likeness (QED) is 0.454. The molecule has 1 aromatic heterocycles. The highest BCUT2D eigenvalue weighted by Crippen LogP contribution is 2.25. The van der Waals surface area contributed by atoms with E-state index in [1.165, 1.54) is 0 Å². The van der Waals surface area contributed by atoms with E-state index >= 15 is 0 Å². The van der Waals surface area contributed by atoms with Crippen molar-refractivity contribution in [3.8, 4) is 0 Å². The van der Waals surface area contributed by atoms with Crippen LogP contribution in [0.1, 0.15) is 25.7 Å². The highest BCUT2D eigenvalue weighted by atomic mass is 35.5. The first-order chi connectivity index (χ1) is 11.9. The number of unbranched alkanes of at least 4 members (excludes halogenated alkanes) is 1. The number of pyridine rings is 1. The Kier molecular flexibility index (Phi) is 7.16. The summed E-state index contributed by atoms with van der Waals surface area (Å²) in [5.74, 6) is 1.37. The standard InChI is InChI=1S/C16H23ClF3N5/c1-21-15(23-8-3-2-7-16(18,19)20)24-12-6-10-25(11-12)14-13(17)5-4-9-22-14/h4-5,9,12H,2-3,6-8,10-11H2,1H3,(H2,21,23,24). The van der Waals surface area contributed by atoms with Gasteiger partial charge in [-0.1, -0.05) is 11.6 Å². The van der Waals surface area contributed by atoms with E-state index in [1.54, 1.807) is 19.3 Å². The van der Waals surface area contributed by atoms with E-state index in [1.807, 2.05) is 6.07 Å². The molecule has 2 rings (SSSR count). The number of aliphatic imine (C=N–C) groups is 1. The minimum absolute atomic E-state index is 0.114. The van der Waals surface area contributed by atoms with Gasteiger partial charge in [-0.2, -0.15) is 13.2 Å². The zero-order valence-electron chi connectivity index (χ0n) is 14.1. The SMILES string of the molecule is CN=C(NCCCCC(F)(F)F)NC1CCN(c2ncccc2Cl)C1. The van der Waals surface area contributed by atoms with Crippen molar-refractivity contribution in [2.75, 3.05) is 31.6 Å². The predicted octanol–water partition coefficient (Wildman–Crippen LogP) is 3.21. The first-order valence-electron chi connectivity index (χ1n) is 8.28. The third-order valence-corrected chi connectivity index (χ3v) is 4.27. The molecule has 1 fully saturated rings. The van der Waals surface area contributed by atoms with Crippen LogP contribution in [-0.4, -0.2) is 49.8 Å². The van der Waals surface area contributed by atoms with Gasteiger partial charge < -0.3 is 15.5 Å². The van der Waals surface area contributed by atoms with Gasteiger partial charge in [-0.05, 0) is 31.4 Å². The molecular formula is C16H23ClF3N5. The zero-order chi connectivity index (χ0) is 18.3. The summed E-state index contributed by atoms with van der Waals surface area (Å²) in [6, 6.07) is 3.79. The summed E-state index contributed by atoms with van der Waals surface area (Å²) in [5, 5.41) is 6.98. The van der Waals surface area contributed by atoms with Crippen molar-refractivity contribution < 1.29 is 13.2 Å². The second-order valence-electron chi connectivity index (χ2n) is 5.96. The maximum absolute atomic E-state index is 12.1. The van der Waals surface area contributed by atoms with Crippen LogP contribution < -0.4 is 15.5 Å². The van der Waals surface area contributed by atoms with Crippen LogP contribution in [-0.2, 0) is 0 Å². The Labute approximate surface area is 150 Å². The van der Waals surface area contributed by atoms with Crippen LogP contribution in [0.5, 0.6) is 0 Å². The van der Waals surface area contributed by atoms with Crippen LogP contribution >= 0.6 is 11.6 Å². The minimum atomic E-state index is -4.08. The monoisotopic (exact) mass is 377 g/mol. The fourth-order valence-electron chi connectivity index (χ4n) is 2.73. The van der Waals surface area contributed by atoms with Gasteiger partial charge in [0.05, 0.1) is 5.02 Å². The Hall–Kier alpha value is -1.70. The molecule has 1 atom stereocenters. The molecule has 9 heteroatoms. The maximum Gasteiger partial charge on any atom is 0.389 e. The predicted molar refractivity (Wildman–Crippen MR) is 94.3 cm³/mol. The van der Waals surface area contributed by atoms with Crippen LogP contribution in [0.25, 0.3) is 0 Å². The lowest BCUT2D eigenvalue weighted by Gasteiger charge is -2.20. The van der Waals surface area contributed by atoms with E-state index in [4.69, 9.17) is 11.6 Å². The van der Waals surface area contributed by atoms with Crippen LogP contribution in [0.15, 0.2) is 23.3 Å². The van der Waals surface area contributed by atoms with E-state index < -0.39 is 12.6 Å². The van der Waals surface area contributed by atoms with Crippen molar-refractivity contribution in [2.45, 2.75) is 37.9 Å². The topological polar surface area (TPSA) is 52.6 Å². The average molecular weight is 378 g/mol. The van der Waals surface area contributed by atoms with E-state index in [-0.39, 0.29) is 12.5 Å². The Bertz CT molecular complexity index is 579. The second kappa shape index (κ2) is 9.12. The number of anilines is 1. The van der Waals surface area contributed by atoms with Crippen molar-refractivity contribution in [3.63, 3.8) is 0 Å². The van der Waals surface area contributed by atoms with Crippen molar-refractivity contribution in [3.05, 3.63) is 23.4 Å². The molecule has 0 aromatic carbocycles. The Balaban J connectivity index is 1.73. The smallest absolute Gasteiger partial charge is 0.356 e. The van der Waals surface area contributed by atoms with Crippen molar-refractivity contribution >= 4 is 23.4 Å². The Morgan fingerprint density at radius 1 is 1.44 bits per heavy atom. The fraction of sp³-hybridized carbons (Fsp3) is 0.625. The number of rotatable bonds is 6. The summed E-state index contributed by atoms with van der Waals surface area (Å²) in [5.41, 5.74) is 0. The summed E-state index contributed by atoms with van der Waals surface area (Å²) in [6.45, 7) is 2.03. The summed E-state index contributed by atoms with van der Waals surface area (Å²) in [6.07, 6.45) is -1.66. The highest BCUT2D eigenvalue weighted by Gasteiger charge is 2.26. The molecule has 1 saturated heterocycles. The molecule has 0 aliphatic carbocycles. The van der Waals surface area contributed by atoms with Gasteiger partial charge in [-0.3, -0.25) is 4.99 Å². The van der Waals surface area contributed by atoms with Gasteiger partial charge in [0.2, 0.25) is 0 Å². The summed E-state index contributed by atoms with van der Waals surface area (Å²) >= 11 is 6.17. The van der Waals surface area contributed by atoms with Gasteiger partial charge in [-0.25, -0.2) is 4.98 Å². The molecule has 0 radical (unpaired) electrons. The Morgan fingerprint density at radius 3 is 2.92 bits per heavy atom. The molecule has 0 bridgehead atoms. The molecule has 140 valence electrons. The number of aromatic nitrogens is 1. The van der Waals surface area contributed by atoms with Crippen LogP contribution in [0, 0.1) is 0 Å². The first-order valence-corrected chi connectivity index (χ1v) is 8.66. The molecule has 1 aliphatic rings. The summed E-state index contributed by atoms with van der Waals surface area (Å²) < 4.78 is 36.3. The van der Waals surface area contributed by atoms with E-state index in [9.17, 15) is 13.2 Å². The van der Waals surface area contributed by atoms with Crippen LogP contribution in [0.2, 0.25) is 5.02 Å². The van der Waals surface area contributed by atoms with E-state index in [0.717, 1.165) is 25.3 Å². The van der Waals surface area contributed by atoms with Crippen molar-refractivity contribution in [2.24, 2.45) is 4.99 Å². The Morgan fingerprint density at radius 2 is 2.24 bits per heavy atom. The molecule has 25 heavy (non-hydrogen) atoms. The molecule has 1 unspecified atom stereocenters. The lowest BCUT2D eigenvalue weighted by Crippen LogP contribution is -2.44. The molecule has 2 heterocycles. The van der Waals surface area contributed by atoms with Gasteiger partial charge in [0.25, 0.3) is 0 Å². The molecule has 1 aromatic rings. The number of halogens is 4. The number of guanidine groups is 1. The molecule has 2 N–H and O–H groups in total. The lowest BCUT2D eigenvalue weighted by atomic mass is 10.2. The van der Waals surface area contributed by atoms with Crippen LogP contribution in [0.4, 0.5) is 19.0 Å². The minimum Gasteiger partial charge on any atom is -0.356 e. The van der Waals surface area contributed by atoms with Crippen molar-refractivity contribution in [1.29, 1.82) is 0 Å². The number of nitrogens with one attached hydrogen (secondary N) is 2. The number of alkyl halides is 3. The fourth-order valence-corrected chi connectivity index (χ4v) is 2.97. The summed E-state index contributed by atoms with van der Waals surface area (Å²) in [4.78, 5) is 10.5. The van der Waals surface area contributed by atoms with E-state index in [2.05, 4.69) is 25.5 Å². The first kappa shape index (κ1) is 19.6. The molecular weight excluding hydrogens is 355 g/mol. The zero-order valence-corrected chi connectivity index (χ0v) is 14.9. The van der Waals surface area contributed by atoms with Gasteiger partial charge in [0.1, 0.15) is 5.82 Å². The van der Waals surface area contributed by atoms with Gasteiger partial charge in [0, 0.05) is 45.3 Å². The number of hydrogen-bond donors (Lipinski definition) is 2. The third kappa shape index (κ3) is 6.61. The molecule has 1 aliphatic heterocycles. The third-order valence-electron chi connectivity index (χ3n) is 3.97. The van der Waals surface area contributed by atoms with Gasteiger partial charge >= 0.3 is 6.18 Å². The maximum atomic E-state index is 12.1. The summed E-state index contributed by atoms with van der Waals surface area (Å²) in [7, 11) is 1.65. The molecule has 0 saturated carbocycles. The highest BCUT2D eigenvalue weighted by molar-refractivity contribution is 6.32. The molecule has 5 nitrogen and oxygen atoms in total. The largest absolute Gasteiger partial charge is 0.389 e. The van der Waals surface area contributed by atoms with Crippen molar-refractivity contribution in [1.82, 2.24) is 15.6 Å². The molecule has 0 amide bonds. The number of nitrogens with zero attached hydrogens (tertiary/aromatic N) is 3. The second-order valence-corrected chi connectivity index (χ2v) is 6.36. The normalized spacial score (nSPS) is 18.5.